The maximum absolute atomic E-state index is 12.6. The Hall–Kier alpha value is -3.35. The van der Waals surface area contributed by atoms with Crippen molar-refractivity contribution in [3.63, 3.8) is 0 Å². The van der Waals surface area contributed by atoms with Crippen molar-refractivity contribution in [2.75, 3.05) is 11.9 Å². The van der Waals surface area contributed by atoms with E-state index < -0.39 is 18.0 Å². The normalized spacial score (nSPS) is 11.8. The zero-order valence-corrected chi connectivity index (χ0v) is 14.6. The van der Waals surface area contributed by atoms with Crippen LogP contribution < -0.4 is 16.0 Å². The van der Waals surface area contributed by atoms with Crippen LogP contribution in [-0.4, -0.2) is 23.5 Å². The topological polar surface area (TPSA) is 96.3 Å². The largest absolute Gasteiger partial charge is 0.441 e. The maximum Gasteiger partial charge on any atom is 0.321 e. The zero-order chi connectivity index (χ0) is 18.5. The predicted molar refractivity (Wildman–Crippen MR) is 98.8 cm³/mol. The molecule has 7 heteroatoms. The molecular weight excluding hydrogens is 332 g/mol. The van der Waals surface area contributed by atoms with Gasteiger partial charge in [0.05, 0.1) is 0 Å². The number of hydrogen-bond donors (Lipinski definition) is 3. The van der Waals surface area contributed by atoms with Crippen molar-refractivity contribution in [3.05, 3.63) is 60.0 Å². The molecule has 3 N–H and O–H groups in total. The Labute approximate surface area is 150 Å². The van der Waals surface area contributed by atoms with Crippen molar-refractivity contribution >= 4 is 28.7 Å². The molecule has 1 unspecified atom stereocenters. The van der Waals surface area contributed by atoms with Gasteiger partial charge in [-0.25, -0.2) is 9.78 Å². The molecular formula is C19H20N4O3. The van der Waals surface area contributed by atoms with E-state index in [-0.39, 0.29) is 0 Å². The third-order valence-electron chi connectivity index (χ3n) is 3.77. The molecule has 1 heterocycles. The third-order valence-corrected chi connectivity index (χ3v) is 3.77. The number of oxazole rings is 1. The van der Waals surface area contributed by atoms with Gasteiger partial charge in [0.2, 0.25) is 0 Å². The third kappa shape index (κ3) is 4.00. The number of fused-ring (bicyclic) bond motifs is 1. The first-order valence-electron chi connectivity index (χ1n) is 8.34. The van der Waals surface area contributed by atoms with Crippen LogP contribution >= 0.6 is 0 Å². The second-order valence-corrected chi connectivity index (χ2v) is 5.75. The van der Waals surface area contributed by atoms with Gasteiger partial charge in [0.15, 0.2) is 11.5 Å². The van der Waals surface area contributed by atoms with E-state index in [1.54, 1.807) is 26.0 Å². The van der Waals surface area contributed by atoms with Crippen molar-refractivity contribution in [2.24, 2.45) is 0 Å². The van der Waals surface area contributed by atoms with Crippen molar-refractivity contribution < 1.29 is 14.0 Å². The minimum atomic E-state index is -0.732. The van der Waals surface area contributed by atoms with E-state index in [0.717, 1.165) is 5.56 Å². The fraction of sp³-hybridized carbons (Fsp3) is 0.211. The number of aryl methyl sites for hydroxylation is 1. The Morgan fingerprint density at radius 2 is 1.92 bits per heavy atom. The second-order valence-electron chi connectivity index (χ2n) is 5.75. The van der Waals surface area contributed by atoms with Crippen LogP contribution in [0, 0.1) is 6.92 Å². The van der Waals surface area contributed by atoms with Gasteiger partial charge >= 0.3 is 6.03 Å². The number of rotatable bonds is 5. The SMILES string of the molecule is CCNC(=O)NC(=O)C(Nc1ccc2oc(C)nc2c1)c1ccccc1. The van der Waals surface area contributed by atoms with Gasteiger partial charge in [-0.3, -0.25) is 10.1 Å². The number of nitrogens with one attached hydrogen (secondary N) is 3. The first kappa shape index (κ1) is 17.5. The molecule has 2 aromatic carbocycles. The average molecular weight is 352 g/mol. The highest BCUT2D eigenvalue weighted by Crippen LogP contribution is 2.24. The van der Waals surface area contributed by atoms with E-state index in [1.165, 1.54) is 0 Å². The van der Waals surface area contributed by atoms with Crippen LogP contribution in [0.25, 0.3) is 11.1 Å². The summed E-state index contributed by atoms with van der Waals surface area (Å²) in [6, 6.07) is 13.4. The highest BCUT2D eigenvalue weighted by molar-refractivity contribution is 5.98. The van der Waals surface area contributed by atoms with Gasteiger partial charge in [-0.2, -0.15) is 0 Å². The number of carbonyl (C=O) groups excluding carboxylic acids is 2. The van der Waals surface area contributed by atoms with E-state index in [4.69, 9.17) is 4.42 Å². The quantitative estimate of drug-likeness (QED) is 0.655. The number of carbonyl (C=O) groups is 2. The molecule has 0 radical (unpaired) electrons. The van der Waals surface area contributed by atoms with Gasteiger partial charge in [0, 0.05) is 19.2 Å². The molecule has 3 amide bonds. The van der Waals surface area contributed by atoms with Crippen LogP contribution in [0.1, 0.15) is 24.4 Å². The van der Waals surface area contributed by atoms with Crippen molar-refractivity contribution in [1.82, 2.24) is 15.6 Å². The van der Waals surface area contributed by atoms with E-state index in [1.807, 2.05) is 36.4 Å². The Morgan fingerprint density at radius 1 is 1.15 bits per heavy atom. The molecule has 0 aliphatic heterocycles. The van der Waals surface area contributed by atoms with E-state index in [2.05, 4.69) is 20.9 Å². The second kappa shape index (κ2) is 7.69. The molecule has 0 fully saturated rings. The number of nitrogens with zero attached hydrogens (tertiary/aromatic N) is 1. The van der Waals surface area contributed by atoms with Crippen LogP contribution in [0.3, 0.4) is 0 Å². The Morgan fingerprint density at radius 3 is 2.65 bits per heavy atom. The minimum absolute atomic E-state index is 0.435. The van der Waals surface area contributed by atoms with Crippen molar-refractivity contribution in [2.45, 2.75) is 19.9 Å². The molecule has 0 saturated carbocycles. The predicted octanol–water partition coefficient (Wildman–Crippen LogP) is 3.14. The van der Waals surface area contributed by atoms with Gasteiger partial charge in [0.1, 0.15) is 11.6 Å². The Kier molecular flexibility index (Phi) is 5.17. The molecule has 0 spiro atoms. The first-order valence-corrected chi connectivity index (χ1v) is 8.34. The standard InChI is InChI=1S/C19H20N4O3/c1-3-20-19(25)23-18(24)17(13-7-5-4-6-8-13)22-14-9-10-16-15(11-14)21-12(2)26-16/h4-11,17,22H,3H2,1-2H3,(H2,20,23,24,25). The number of imide groups is 1. The number of benzene rings is 2. The number of anilines is 1. The molecule has 0 bridgehead atoms. The number of amides is 3. The van der Waals surface area contributed by atoms with Gasteiger partial charge in [-0.15, -0.1) is 0 Å². The monoisotopic (exact) mass is 352 g/mol. The Bertz CT molecular complexity index is 921. The van der Waals surface area contributed by atoms with Crippen LogP contribution in [0.4, 0.5) is 10.5 Å². The van der Waals surface area contributed by atoms with Gasteiger partial charge in [-0.1, -0.05) is 30.3 Å². The summed E-state index contributed by atoms with van der Waals surface area (Å²) in [7, 11) is 0. The summed E-state index contributed by atoms with van der Waals surface area (Å²) < 4.78 is 5.47. The summed E-state index contributed by atoms with van der Waals surface area (Å²) in [5, 5.41) is 8.08. The lowest BCUT2D eigenvalue weighted by atomic mass is 10.1. The molecule has 0 aliphatic carbocycles. The highest BCUT2D eigenvalue weighted by Gasteiger charge is 2.22. The van der Waals surface area contributed by atoms with Gasteiger partial charge < -0.3 is 15.1 Å². The summed E-state index contributed by atoms with van der Waals surface area (Å²) in [6.45, 7) is 4.00. The minimum Gasteiger partial charge on any atom is -0.441 e. The van der Waals surface area contributed by atoms with E-state index in [0.29, 0.717) is 29.2 Å². The summed E-state index contributed by atoms with van der Waals surface area (Å²) in [4.78, 5) is 28.7. The van der Waals surface area contributed by atoms with Crippen molar-refractivity contribution in [3.8, 4) is 0 Å². The van der Waals surface area contributed by atoms with Crippen molar-refractivity contribution in [1.29, 1.82) is 0 Å². The average Bonchev–Trinajstić information content (AvgIpc) is 2.99. The molecule has 3 rings (SSSR count). The molecule has 0 saturated heterocycles. The lowest BCUT2D eigenvalue weighted by Crippen LogP contribution is -2.43. The fourth-order valence-electron chi connectivity index (χ4n) is 2.63. The summed E-state index contributed by atoms with van der Waals surface area (Å²) in [5.41, 5.74) is 2.82. The fourth-order valence-corrected chi connectivity index (χ4v) is 2.63. The summed E-state index contributed by atoms with van der Waals surface area (Å²) in [5.74, 6) is 0.129. The summed E-state index contributed by atoms with van der Waals surface area (Å²) >= 11 is 0. The molecule has 3 aromatic rings. The van der Waals surface area contributed by atoms with E-state index >= 15 is 0 Å². The smallest absolute Gasteiger partial charge is 0.321 e. The number of aromatic nitrogens is 1. The van der Waals surface area contributed by atoms with Gasteiger partial charge in [0.25, 0.3) is 5.91 Å². The first-order chi connectivity index (χ1) is 12.6. The molecule has 1 aromatic heterocycles. The lowest BCUT2D eigenvalue weighted by Gasteiger charge is -2.19. The van der Waals surface area contributed by atoms with Gasteiger partial charge in [-0.05, 0) is 30.7 Å². The molecule has 7 nitrogen and oxygen atoms in total. The van der Waals surface area contributed by atoms with Crippen LogP contribution in [0.5, 0.6) is 0 Å². The summed E-state index contributed by atoms with van der Waals surface area (Å²) in [6.07, 6.45) is 0. The molecule has 26 heavy (non-hydrogen) atoms. The van der Waals surface area contributed by atoms with Crippen LogP contribution in [-0.2, 0) is 4.79 Å². The molecule has 0 aliphatic rings. The Balaban J connectivity index is 1.86. The molecule has 1 atom stereocenters. The number of hydrogen-bond acceptors (Lipinski definition) is 5. The maximum atomic E-state index is 12.6. The number of urea groups is 1. The lowest BCUT2D eigenvalue weighted by molar-refractivity contribution is -0.120. The van der Waals surface area contributed by atoms with E-state index in [9.17, 15) is 9.59 Å². The van der Waals surface area contributed by atoms with Crippen LogP contribution in [0.15, 0.2) is 52.9 Å². The zero-order valence-electron chi connectivity index (χ0n) is 14.6. The van der Waals surface area contributed by atoms with Crippen LogP contribution in [0.2, 0.25) is 0 Å². The highest BCUT2D eigenvalue weighted by atomic mass is 16.3. The molecule has 134 valence electrons.